The maximum absolute atomic E-state index is 12.0. The fourth-order valence-electron chi connectivity index (χ4n) is 2.07. The Bertz CT molecular complexity index is 782. The molecule has 0 aliphatic heterocycles. The number of thioether (sulfide) groups is 1. The van der Waals surface area contributed by atoms with Crippen molar-refractivity contribution >= 4 is 29.0 Å². The van der Waals surface area contributed by atoms with Crippen molar-refractivity contribution in [2.24, 2.45) is 0 Å². The second-order valence-corrected chi connectivity index (χ2v) is 5.74. The number of carbonyl (C=O) groups is 1. The van der Waals surface area contributed by atoms with Crippen LogP contribution in [0, 0.1) is 0 Å². The molecule has 0 aliphatic rings. The Labute approximate surface area is 132 Å². The molecule has 5 nitrogen and oxygen atoms in total. The van der Waals surface area contributed by atoms with Crippen LogP contribution in [0.4, 0.5) is 5.69 Å². The summed E-state index contributed by atoms with van der Waals surface area (Å²) in [4.78, 5) is 12.0. The summed E-state index contributed by atoms with van der Waals surface area (Å²) in [5.41, 5.74) is 2.84. The van der Waals surface area contributed by atoms with E-state index >= 15 is 0 Å². The Morgan fingerprint density at radius 2 is 2.00 bits per heavy atom. The van der Waals surface area contributed by atoms with E-state index in [1.807, 2.05) is 53.1 Å². The molecule has 6 heteroatoms. The maximum atomic E-state index is 12.0. The predicted molar refractivity (Wildman–Crippen MR) is 88.2 cm³/mol. The highest BCUT2D eigenvalue weighted by molar-refractivity contribution is 7.99. The van der Waals surface area contributed by atoms with Crippen molar-refractivity contribution in [3.63, 3.8) is 0 Å². The molecule has 3 rings (SSSR count). The van der Waals surface area contributed by atoms with Crippen LogP contribution in [0.2, 0.25) is 0 Å². The molecule has 22 heavy (non-hydrogen) atoms. The lowest BCUT2D eigenvalue weighted by Crippen LogP contribution is -2.14. The average molecular weight is 312 g/mol. The smallest absolute Gasteiger partial charge is 0.234 e. The van der Waals surface area contributed by atoms with Crippen LogP contribution in [0.25, 0.3) is 5.65 Å². The predicted octanol–water partition coefficient (Wildman–Crippen LogP) is 3.02. The first kappa shape index (κ1) is 14.6. The van der Waals surface area contributed by atoms with Crippen LogP contribution in [0.5, 0.6) is 0 Å². The van der Waals surface area contributed by atoms with Gasteiger partial charge < -0.3 is 5.32 Å². The summed E-state index contributed by atoms with van der Waals surface area (Å²) in [5.74, 6) is 0.243. The fraction of sp³-hybridized carbons (Fsp3) is 0.188. The number of amides is 1. The van der Waals surface area contributed by atoms with Crippen molar-refractivity contribution in [2.75, 3.05) is 11.1 Å². The summed E-state index contributed by atoms with van der Waals surface area (Å²) in [6.45, 7) is 2.10. The molecule has 0 bridgehead atoms. The normalized spacial score (nSPS) is 10.8. The maximum Gasteiger partial charge on any atom is 0.234 e. The van der Waals surface area contributed by atoms with Gasteiger partial charge in [0.2, 0.25) is 5.91 Å². The highest BCUT2D eigenvalue weighted by atomic mass is 32.2. The first-order chi connectivity index (χ1) is 10.8. The molecule has 0 aliphatic carbocycles. The second kappa shape index (κ2) is 6.62. The Balaban J connectivity index is 1.60. The molecule has 0 radical (unpaired) electrons. The van der Waals surface area contributed by atoms with Gasteiger partial charge in [0.15, 0.2) is 10.8 Å². The van der Waals surface area contributed by atoms with Crippen molar-refractivity contribution in [1.29, 1.82) is 0 Å². The summed E-state index contributed by atoms with van der Waals surface area (Å²) in [6.07, 6.45) is 2.88. The lowest BCUT2D eigenvalue weighted by molar-refractivity contribution is -0.113. The zero-order chi connectivity index (χ0) is 15.4. The quantitative estimate of drug-likeness (QED) is 0.736. The highest BCUT2D eigenvalue weighted by Crippen LogP contribution is 2.17. The number of carbonyl (C=O) groups excluding carboxylic acids is 1. The van der Waals surface area contributed by atoms with Crippen molar-refractivity contribution in [2.45, 2.75) is 18.5 Å². The second-order valence-electron chi connectivity index (χ2n) is 4.80. The number of hydrogen-bond donors (Lipinski definition) is 1. The van der Waals surface area contributed by atoms with Gasteiger partial charge in [0, 0.05) is 11.9 Å². The molecule has 0 saturated carbocycles. The number of nitrogens with zero attached hydrogens (tertiary/aromatic N) is 3. The third-order valence-electron chi connectivity index (χ3n) is 3.26. The lowest BCUT2D eigenvalue weighted by atomic mass is 10.1. The van der Waals surface area contributed by atoms with Crippen LogP contribution in [0.3, 0.4) is 0 Å². The molecule has 1 aromatic carbocycles. The average Bonchev–Trinajstić information content (AvgIpc) is 2.97. The number of nitrogens with one attached hydrogen (secondary N) is 1. The van der Waals surface area contributed by atoms with Gasteiger partial charge in [-0.15, -0.1) is 10.2 Å². The molecular weight excluding hydrogens is 296 g/mol. The van der Waals surface area contributed by atoms with Crippen molar-refractivity contribution in [3.8, 4) is 0 Å². The van der Waals surface area contributed by atoms with E-state index < -0.39 is 0 Å². The summed E-state index contributed by atoms with van der Waals surface area (Å²) in [6, 6.07) is 13.6. The summed E-state index contributed by atoms with van der Waals surface area (Å²) < 4.78 is 1.87. The number of fused-ring (bicyclic) bond motifs is 1. The first-order valence-electron chi connectivity index (χ1n) is 7.07. The zero-order valence-electron chi connectivity index (χ0n) is 12.2. The third kappa shape index (κ3) is 3.28. The Hall–Kier alpha value is -2.34. The molecular formula is C16H16N4OS. The summed E-state index contributed by atoms with van der Waals surface area (Å²) in [7, 11) is 0. The third-order valence-corrected chi connectivity index (χ3v) is 4.20. The first-order valence-corrected chi connectivity index (χ1v) is 8.06. The van der Waals surface area contributed by atoms with E-state index in [4.69, 9.17) is 0 Å². The fourth-order valence-corrected chi connectivity index (χ4v) is 2.79. The number of aryl methyl sites for hydroxylation is 1. The van der Waals surface area contributed by atoms with E-state index in [0.717, 1.165) is 17.8 Å². The number of rotatable bonds is 5. The molecule has 0 fully saturated rings. The van der Waals surface area contributed by atoms with Gasteiger partial charge in [-0.25, -0.2) is 0 Å². The van der Waals surface area contributed by atoms with Gasteiger partial charge in [-0.05, 0) is 36.2 Å². The molecule has 0 atom stereocenters. The van der Waals surface area contributed by atoms with Crippen molar-refractivity contribution < 1.29 is 4.79 Å². The van der Waals surface area contributed by atoms with E-state index in [2.05, 4.69) is 22.4 Å². The minimum Gasteiger partial charge on any atom is -0.325 e. The molecule has 3 aromatic rings. The highest BCUT2D eigenvalue weighted by Gasteiger charge is 2.09. The number of anilines is 1. The van der Waals surface area contributed by atoms with Crippen LogP contribution in [-0.2, 0) is 11.2 Å². The molecule has 0 saturated heterocycles. The SMILES string of the molecule is CCc1ccc(NC(=O)CSc2nnc3ccccn23)cc1. The van der Waals surface area contributed by atoms with E-state index in [1.54, 1.807) is 0 Å². The zero-order valence-corrected chi connectivity index (χ0v) is 13.0. The Morgan fingerprint density at radius 3 is 2.77 bits per heavy atom. The minimum atomic E-state index is -0.0538. The van der Waals surface area contributed by atoms with Crippen molar-refractivity contribution in [1.82, 2.24) is 14.6 Å². The van der Waals surface area contributed by atoms with Crippen molar-refractivity contribution in [3.05, 3.63) is 54.2 Å². The van der Waals surface area contributed by atoms with Crippen LogP contribution in [-0.4, -0.2) is 26.3 Å². The Morgan fingerprint density at radius 1 is 1.18 bits per heavy atom. The molecule has 0 unspecified atom stereocenters. The standard InChI is InChI=1S/C16H16N4OS/c1-2-12-6-8-13(9-7-12)17-15(21)11-22-16-19-18-14-5-3-4-10-20(14)16/h3-10H,2,11H2,1H3,(H,17,21). The molecule has 1 N–H and O–H groups in total. The molecule has 1 amide bonds. The lowest BCUT2D eigenvalue weighted by Gasteiger charge is -2.05. The Kier molecular flexibility index (Phi) is 4.39. The summed E-state index contributed by atoms with van der Waals surface area (Å²) in [5, 5.41) is 11.8. The van der Waals surface area contributed by atoms with Crippen LogP contribution in [0.15, 0.2) is 53.8 Å². The van der Waals surface area contributed by atoms with Crippen LogP contribution in [0.1, 0.15) is 12.5 Å². The van der Waals surface area contributed by atoms with Crippen LogP contribution >= 0.6 is 11.8 Å². The monoisotopic (exact) mass is 312 g/mol. The van der Waals surface area contributed by atoms with E-state index in [-0.39, 0.29) is 5.91 Å². The topological polar surface area (TPSA) is 59.3 Å². The molecule has 112 valence electrons. The van der Waals surface area contributed by atoms with Gasteiger partial charge in [0.25, 0.3) is 0 Å². The number of aromatic nitrogens is 3. The summed E-state index contributed by atoms with van der Waals surface area (Å²) >= 11 is 1.37. The van der Waals surface area contributed by atoms with Gasteiger partial charge in [-0.3, -0.25) is 9.20 Å². The van der Waals surface area contributed by atoms with E-state index in [0.29, 0.717) is 10.9 Å². The number of hydrogen-bond acceptors (Lipinski definition) is 4. The molecule has 2 aromatic heterocycles. The van der Waals surface area contributed by atoms with E-state index in [9.17, 15) is 4.79 Å². The molecule has 2 heterocycles. The van der Waals surface area contributed by atoms with Gasteiger partial charge in [0.1, 0.15) is 0 Å². The van der Waals surface area contributed by atoms with Gasteiger partial charge in [0.05, 0.1) is 5.75 Å². The largest absolute Gasteiger partial charge is 0.325 e. The van der Waals surface area contributed by atoms with Gasteiger partial charge in [-0.1, -0.05) is 36.9 Å². The van der Waals surface area contributed by atoms with E-state index in [1.165, 1.54) is 17.3 Å². The van der Waals surface area contributed by atoms with Gasteiger partial charge >= 0.3 is 0 Å². The number of pyridine rings is 1. The molecule has 0 spiro atoms. The van der Waals surface area contributed by atoms with Crippen LogP contribution < -0.4 is 5.32 Å². The van der Waals surface area contributed by atoms with Gasteiger partial charge in [-0.2, -0.15) is 0 Å². The minimum absolute atomic E-state index is 0.0538. The number of benzene rings is 1.